The summed E-state index contributed by atoms with van der Waals surface area (Å²) < 4.78 is 223. The van der Waals surface area contributed by atoms with E-state index in [1.165, 1.54) is 27.2 Å². The average Bonchev–Trinajstić information content (AvgIpc) is 3.19. The summed E-state index contributed by atoms with van der Waals surface area (Å²) in [6.45, 7) is 47.9. The highest BCUT2D eigenvalue weighted by molar-refractivity contribution is 4.76. The molecule has 1 aliphatic carbocycles. The standard InChI is InChI=1S/C7H13F3.C7H12F2.C7H15F.C6H8F6.C6H13F.C5H9F3.2C5H12.C4H7F3.C4H10/c1-4-6(2,3)5-7(8,9)10;1-6-2-4-7(8,9)5-3-6;1-5-7(4,8)6(2)3;1-2-3-4(5(7,8)9)6(10,11)12;1-4-6(3,7)5-2;1-3-4(2)5(6,7)8;1-5(2,3)4;1-4-5(2)3;1-3(2)4(5,6)7;1-4(2)3/h4-5H2,1-3H3;6H,2-5H2,1H3;6H,5H2,1-4H3;4H,2-3H2,1H3;4-5H2,1-3H3;4H,3H2,1-2H3;1-4H3;5H,4H2,1-3H3;3H,1-2H3;4H,1-3H3. The molecule has 1 aliphatic rings. The Labute approximate surface area is 446 Å². The van der Waals surface area contributed by atoms with Gasteiger partial charge in [0.15, 0.2) is 5.92 Å². The van der Waals surface area contributed by atoms with Gasteiger partial charge in [-0.3, -0.25) is 0 Å². The van der Waals surface area contributed by atoms with Crippen molar-refractivity contribution in [2.75, 3.05) is 0 Å². The van der Waals surface area contributed by atoms with E-state index in [2.05, 4.69) is 69.2 Å². The first-order chi connectivity index (χ1) is 32.6. The van der Waals surface area contributed by atoms with E-state index in [0.717, 1.165) is 25.7 Å². The fourth-order valence-corrected chi connectivity index (χ4v) is 3.54. The Hall–Kier alpha value is -1.33. The monoisotopic (exact) mass is 1140 g/mol. The number of hydrogen-bond acceptors (Lipinski definition) is 0. The van der Waals surface area contributed by atoms with E-state index < -0.39 is 84.2 Å². The second-order valence-electron chi connectivity index (χ2n) is 23.8. The average molecular weight is 1150 g/mol. The normalized spacial score (nSPS) is 15.4. The minimum Gasteiger partial charge on any atom is -0.244 e. The predicted molar refractivity (Wildman–Crippen MR) is 280 cm³/mol. The Morgan fingerprint density at radius 1 is 0.453 bits per heavy atom. The molecule has 0 N–H and O–H groups in total. The predicted octanol–water partition coefficient (Wildman–Crippen LogP) is 25.6. The first-order valence-electron chi connectivity index (χ1n) is 26.7. The van der Waals surface area contributed by atoms with Gasteiger partial charge in [0.2, 0.25) is 5.92 Å². The third-order valence-corrected chi connectivity index (χ3v) is 11.0. The zero-order valence-corrected chi connectivity index (χ0v) is 51.4. The molecule has 0 amide bonds. The minimum absolute atomic E-state index is 0.105. The lowest BCUT2D eigenvalue weighted by molar-refractivity contribution is -0.285. The lowest BCUT2D eigenvalue weighted by Crippen LogP contribution is -2.36. The fraction of sp³-hybridized carbons (Fsp3) is 1.00. The molecule has 0 aromatic carbocycles. The SMILES string of the molecule is CC(C)(C)C.CC(C)C.CC(C)C(F)(F)F.CC1CCC(F)(F)CC1.CCC(C)(C)CC(F)(F)F.CCC(C)(F)C(C)C.CCC(C)(F)CC.CCC(C)C.CCC(C)C(F)(F)F.CCCC(C(F)(F)F)C(F)(F)F. The van der Waals surface area contributed by atoms with Gasteiger partial charge in [0, 0.05) is 25.2 Å². The molecule has 0 aliphatic heterocycles. The minimum atomic E-state index is -5.17. The van der Waals surface area contributed by atoms with Crippen LogP contribution < -0.4 is 0 Å². The number of hydrogen-bond donors (Lipinski definition) is 0. The van der Waals surface area contributed by atoms with E-state index in [0.29, 0.717) is 49.9 Å². The van der Waals surface area contributed by atoms with Crippen LogP contribution in [0.4, 0.5) is 83.4 Å². The molecule has 2 atom stereocenters. The molecule has 0 aromatic rings. The van der Waals surface area contributed by atoms with Gasteiger partial charge in [-0.2, -0.15) is 65.9 Å². The summed E-state index contributed by atoms with van der Waals surface area (Å²) in [6.07, 6.45) is -18.5. The van der Waals surface area contributed by atoms with E-state index in [1.807, 2.05) is 41.5 Å². The first kappa shape index (κ1) is 93.0. The molecule has 0 aromatic heterocycles. The van der Waals surface area contributed by atoms with E-state index in [9.17, 15) is 83.4 Å². The van der Waals surface area contributed by atoms with Gasteiger partial charge in [0.1, 0.15) is 11.3 Å². The molecule has 0 nitrogen and oxygen atoms in total. The van der Waals surface area contributed by atoms with Gasteiger partial charge in [0.25, 0.3) is 0 Å². The maximum atomic E-state index is 12.9. The van der Waals surface area contributed by atoms with E-state index in [1.54, 1.807) is 34.6 Å². The van der Waals surface area contributed by atoms with Crippen LogP contribution in [0.1, 0.15) is 263 Å². The third-order valence-electron chi connectivity index (χ3n) is 11.0. The fourth-order valence-electron chi connectivity index (χ4n) is 3.54. The van der Waals surface area contributed by atoms with Gasteiger partial charge in [0.05, 0.1) is 5.92 Å². The van der Waals surface area contributed by atoms with Crippen LogP contribution in [0.5, 0.6) is 0 Å². The third kappa shape index (κ3) is 84.2. The zero-order chi connectivity index (χ0) is 63.2. The summed E-state index contributed by atoms with van der Waals surface area (Å²) in [4.78, 5) is 0. The van der Waals surface area contributed by atoms with Crippen LogP contribution in [0.3, 0.4) is 0 Å². The smallest absolute Gasteiger partial charge is 0.244 e. The largest absolute Gasteiger partial charge is 0.400 e. The van der Waals surface area contributed by atoms with Gasteiger partial charge in [-0.1, -0.05) is 185 Å². The van der Waals surface area contributed by atoms with Crippen molar-refractivity contribution in [3.63, 3.8) is 0 Å². The zero-order valence-electron chi connectivity index (χ0n) is 51.4. The van der Waals surface area contributed by atoms with E-state index in [-0.39, 0.29) is 31.6 Å². The van der Waals surface area contributed by atoms with Crippen molar-refractivity contribution in [1.29, 1.82) is 0 Å². The summed E-state index contributed by atoms with van der Waals surface area (Å²) in [7, 11) is 0. The second-order valence-corrected chi connectivity index (χ2v) is 23.8. The van der Waals surface area contributed by atoms with Crippen LogP contribution in [0.25, 0.3) is 0 Å². The Morgan fingerprint density at radius 3 is 0.813 bits per heavy atom. The van der Waals surface area contributed by atoms with Crippen molar-refractivity contribution < 1.29 is 83.4 Å². The van der Waals surface area contributed by atoms with Crippen molar-refractivity contribution in [3.8, 4) is 0 Å². The molecule has 0 bridgehead atoms. The molecule has 0 radical (unpaired) electrons. The van der Waals surface area contributed by atoms with Crippen molar-refractivity contribution in [3.05, 3.63) is 0 Å². The van der Waals surface area contributed by atoms with Crippen LogP contribution in [0, 0.1) is 52.3 Å². The van der Waals surface area contributed by atoms with Crippen molar-refractivity contribution >= 4 is 0 Å². The van der Waals surface area contributed by atoms with Crippen LogP contribution in [-0.4, -0.2) is 48.1 Å². The molecule has 1 rings (SSSR count). The molecule has 2 unspecified atom stereocenters. The van der Waals surface area contributed by atoms with Gasteiger partial charge < -0.3 is 0 Å². The molecule has 1 saturated carbocycles. The van der Waals surface area contributed by atoms with Crippen LogP contribution in [0.15, 0.2) is 0 Å². The summed E-state index contributed by atoms with van der Waals surface area (Å²) in [5.74, 6) is -5.48. The van der Waals surface area contributed by atoms with Crippen LogP contribution in [0.2, 0.25) is 0 Å². The van der Waals surface area contributed by atoms with Crippen molar-refractivity contribution in [2.45, 2.75) is 312 Å². The molecule has 0 heterocycles. The molecule has 19 heteroatoms. The molecular formula is C56H111F19. The Kier molecular flexibility index (Phi) is 53.9. The number of alkyl halides is 19. The first-order valence-corrected chi connectivity index (χ1v) is 26.7. The molecule has 0 saturated heterocycles. The molecule has 1 fully saturated rings. The highest BCUT2D eigenvalue weighted by Crippen LogP contribution is 2.42. The highest BCUT2D eigenvalue weighted by Gasteiger charge is 2.55. The Balaban J connectivity index is -0.0000000935. The van der Waals surface area contributed by atoms with Crippen LogP contribution >= 0.6 is 0 Å². The van der Waals surface area contributed by atoms with Crippen molar-refractivity contribution in [2.24, 2.45) is 52.3 Å². The maximum Gasteiger partial charge on any atom is 0.400 e. The molecule has 0 spiro atoms. The van der Waals surface area contributed by atoms with Gasteiger partial charge >= 0.3 is 30.9 Å². The lowest BCUT2D eigenvalue weighted by atomic mass is 9.86. The lowest BCUT2D eigenvalue weighted by Gasteiger charge is -2.25. The summed E-state index contributed by atoms with van der Waals surface area (Å²) in [5.41, 5.74) is -1.97. The second kappa shape index (κ2) is 43.5. The van der Waals surface area contributed by atoms with E-state index in [4.69, 9.17) is 0 Å². The highest BCUT2D eigenvalue weighted by atomic mass is 19.4. The van der Waals surface area contributed by atoms with Gasteiger partial charge in [-0.05, 0) is 93.3 Å². The van der Waals surface area contributed by atoms with E-state index >= 15 is 0 Å². The Bertz CT molecular complexity index is 1170. The summed E-state index contributed by atoms with van der Waals surface area (Å²) >= 11 is 0. The van der Waals surface area contributed by atoms with Gasteiger partial charge in [-0.25, -0.2) is 17.6 Å². The topological polar surface area (TPSA) is 0 Å². The summed E-state index contributed by atoms with van der Waals surface area (Å²) in [6, 6.07) is 0. The van der Waals surface area contributed by atoms with Gasteiger partial charge in [-0.15, -0.1) is 0 Å². The van der Waals surface area contributed by atoms with Crippen LogP contribution in [-0.2, 0) is 0 Å². The summed E-state index contributed by atoms with van der Waals surface area (Å²) in [5, 5.41) is 0. The number of rotatable bonds is 10. The maximum absolute atomic E-state index is 12.9. The molecular weight excluding hydrogens is 1030 g/mol. The quantitative estimate of drug-likeness (QED) is 0.191. The molecule has 468 valence electrons. The molecule has 75 heavy (non-hydrogen) atoms. The number of halogens is 19. The Morgan fingerprint density at radius 2 is 0.747 bits per heavy atom. The van der Waals surface area contributed by atoms with Crippen molar-refractivity contribution in [1.82, 2.24) is 0 Å².